The van der Waals surface area contributed by atoms with Crippen molar-refractivity contribution >= 4 is 5.97 Å². The van der Waals surface area contributed by atoms with E-state index in [2.05, 4.69) is 11.2 Å². The summed E-state index contributed by atoms with van der Waals surface area (Å²) < 4.78 is 1.68. The lowest BCUT2D eigenvalue weighted by Crippen LogP contribution is -2.11. The van der Waals surface area contributed by atoms with Gasteiger partial charge in [-0.05, 0) is 33.6 Å². The van der Waals surface area contributed by atoms with E-state index in [1.165, 1.54) is 6.20 Å². The van der Waals surface area contributed by atoms with Gasteiger partial charge in [0.15, 0.2) is 0 Å². The predicted molar refractivity (Wildman–Crippen MR) is 62.6 cm³/mol. The molecule has 0 fully saturated rings. The molecule has 0 aromatic carbocycles. The Morgan fingerprint density at radius 3 is 2.76 bits per heavy atom. The van der Waals surface area contributed by atoms with E-state index in [4.69, 9.17) is 10.4 Å². The van der Waals surface area contributed by atoms with Gasteiger partial charge in [0.25, 0.3) is 0 Å². The number of hydrogen-bond donors (Lipinski definition) is 1. The van der Waals surface area contributed by atoms with Gasteiger partial charge in [-0.2, -0.15) is 10.4 Å². The SMILES string of the molecule is Cc1c(C(=O)O)cnn1CCCC(C)(C)C#N. The maximum Gasteiger partial charge on any atom is 0.339 e. The molecule has 92 valence electrons. The first-order valence-electron chi connectivity index (χ1n) is 5.54. The Morgan fingerprint density at radius 2 is 2.29 bits per heavy atom. The lowest BCUT2D eigenvalue weighted by atomic mass is 9.90. The highest BCUT2D eigenvalue weighted by atomic mass is 16.4. The van der Waals surface area contributed by atoms with Crippen molar-refractivity contribution in [3.05, 3.63) is 17.5 Å². The molecule has 0 bridgehead atoms. The highest BCUT2D eigenvalue weighted by Crippen LogP contribution is 2.21. The molecular weight excluding hydrogens is 218 g/mol. The van der Waals surface area contributed by atoms with Crippen molar-refractivity contribution in [3.63, 3.8) is 0 Å². The van der Waals surface area contributed by atoms with Gasteiger partial charge in [0, 0.05) is 12.2 Å². The lowest BCUT2D eigenvalue weighted by molar-refractivity contribution is 0.0696. The van der Waals surface area contributed by atoms with Crippen molar-refractivity contribution in [2.75, 3.05) is 0 Å². The molecule has 17 heavy (non-hydrogen) atoms. The Hall–Kier alpha value is -1.83. The number of nitrogens with zero attached hydrogens (tertiary/aromatic N) is 3. The van der Waals surface area contributed by atoms with Crippen molar-refractivity contribution in [1.29, 1.82) is 5.26 Å². The van der Waals surface area contributed by atoms with Gasteiger partial charge < -0.3 is 5.11 Å². The summed E-state index contributed by atoms with van der Waals surface area (Å²) in [5.41, 5.74) is 0.563. The predicted octanol–water partition coefficient (Wildman–Crippen LogP) is 2.22. The van der Waals surface area contributed by atoms with E-state index in [-0.39, 0.29) is 11.0 Å². The van der Waals surface area contributed by atoms with E-state index >= 15 is 0 Å². The number of aromatic nitrogens is 2. The molecule has 0 aliphatic rings. The molecule has 0 radical (unpaired) electrons. The number of rotatable bonds is 5. The molecule has 0 spiro atoms. The van der Waals surface area contributed by atoms with Crippen molar-refractivity contribution in [2.45, 2.75) is 40.2 Å². The highest BCUT2D eigenvalue weighted by molar-refractivity contribution is 5.88. The fourth-order valence-corrected chi connectivity index (χ4v) is 1.61. The van der Waals surface area contributed by atoms with Crippen LogP contribution in [0.2, 0.25) is 0 Å². The van der Waals surface area contributed by atoms with Gasteiger partial charge in [-0.25, -0.2) is 4.79 Å². The average molecular weight is 235 g/mol. The first-order valence-corrected chi connectivity index (χ1v) is 5.54. The standard InChI is InChI=1S/C12H17N3O2/c1-9-10(11(16)17)7-14-15(9)6-4-5-12(2,3)8-13/h7H,4-6H2,1-3H3,(H,16,17). The zero-order valence-corrected chi connectivity index (χ0v) is 10.4. The normalized spacial score (nSPS) is 11.2. The van der Waals surface area contributed by atoms with Crippen LogP contribution in [-0.4, -0.2) is 20.9 Å². The molecule has 0 unspecified atom stereocenters. The number of nitriles is 1. The summed E-state index contributed by atoms with van der Waals surface area (Å²) in [6.45, 7) is 6.17. The van der Waals surface area contributed by atoms with Gasteiger partial charge in [-0.1, -0.05) is 0 Å². The first kappa shape index (κ1) is 13.2. The summed E-state index contributed by atoms with van der Waals surface area (Å²) in [5, 5.41) is 21.8. The molecule has 5 heteroatoms. The second-order valence-corrected chi connectivity index (χ2v) is 4.77. The molecule has 0 saturated carbocycles. The molecule has 1 aromatic rings. The quantitative estimate of drug-likeness (QED) is 0.848. The Labute approximate surface area is 101 Å². The molecular formula is C12H17N3O2. The first-order chi connectivity index (χ1) is 7.87. The maximum atomic E-state index is 10.8. The molecule has 0 aliphatic carbocycles. The fraction of sp³-hybridized carbons (Fsp3) is 0.583. The number of carboxylic acids is 1. The zero-order valence-electron chi connectivity index (χ0n) is 10.4. The van der Waals surface area contributed by atoms with E-state index in [1.54, 1.807) is 11.6 Å². The van der Waals surface area contributed by atoms with Crippen LogP contribution in [0.4, 0.5) is 0 Å². The molecule has 1 heterocycles. The van der Waals surface area contributed by atoms with Crippen LogP contribution in [0.3, 0.4) is 0 Å². The van der Waals surface area contributed by atoms with E-state index in [0.717, 1.165) is 12.8 Å². The van der Waals surface area contributed by atoms with E-state index in [1.807, 2.05) is 13.8 Å². The Morgan fingerprint density at radius 1 is 1.65 bits per heavy atom. The number of carboxylic acid groups (broad SMARTS) is 1. The van der Waals surface area contributed by atoms with Gasteiger partial charge in [0.2, 0.25) is 0 Å². The van der Waals surface area contributed by atoms with Crippen LogP contribution in [0.1, 0.15) is 42.7 Å². The zero-order chi connectivity index (χ0) is 13.1. The van der Waals surface area contributed by atoms with E-state index < -0.39 is 5.97 Å². The summed E-state index contributed by atoms with van der Waals surface area (Å²) in [5.74, 6) is -0.953. The van der Waals surface area contributed by atoms with Gasteiger partial charge in [0.05, 0.1) is 17.7 Å². The molecule has 1 rings (SSSR count). The monoisotopic (exact) mass is 235 g/mol. The lowest BCUT2D eigenvalue weighted by Gasteiger charge is -2.14. The third-order valence-electron chi connectivity index (χ3n) is 2.81. The number of carbonyl (C=O) groups is 1. The minimum atomic E-state index is -0.953. The summed E-state index contributed by atoms with van der Waals surface area (Å²) in [6.07, 6.45) is 2.94. The third kappa shape index (κ3) is 3.31. The molecule has 0 aliphatic heterocycles. The minimum absolute atomic E-state index is 0.240. The Balaban J connectivity index is 2.60. The molecule has 0 atom stereocenters. The number of hydrogen-bond acceptors (Lipinski definition) is 3. The van der Waals surface area contributed by atoms with Crippen LogP contribution in [0.25, 0.3) is 0 Å². The van der Waals surface area contributed by atoms with Crippen molar-refractivity contribution in [2.24, 2.45) is 5.41 Å². The molecule has 0 amide bonds. The van der Waals surface area contributed by atoms with Crippen LogP contribution in [-0.2, 0) is 6.54 Å². The smallest absolute Gasteiger partial charge is 0.339 e. The summed E-state index contributed by atoms with van der Waals surface area (Å²) in [6, 6.07) is 2.24. The van der Waals surface area contributed by atoms with Gasteiger partial charge in [0.1, 0.15) is 5.56 Å². The molecule has 0 saturated heterocycles. The minimum Gasteiger partial charge on any atom is -0.478 e. The van der Waals surface area contributed by atoms with Crippen LogP contribution in [0.5, 0.6) is 0 Å². The van der Waals surface area contributed by atoms with Crippen molar-refractivity contribution < 1.29 is 9.90 Å². The van der Waals surface area contributed by atoms with Crippen LogP contribution in [0, 0.1) is 23.7 Å². The van der Waals surface area contributed by atoms with Gasteiger partial charge in [-0.15, -0.1) is 0 Å². The largest absolute Gasteiger partial charge is 0.478 e. The highest BCUT2D eigenvalue weighted by Gasteiger charge is 2.17. The topological polar surface area (TPSA) is 78.9 Å². The number of aromatic carboxylic acids is 1. The molecule has 5 nitrogen and oxygen atoms in total. The summed E-state index contributed by atoms with van der Waals surface area (Å²) in [7, 11) is 0. The summed E-state index contributed by atoms with van der Waals surface area (Å²) in [4.78, 5) is 10.8. The van der Waals surface area contributed by atoms with Gasteiger partial charge in [-0.3, -0.25) is 4.68 Å². The van der Waals surface area contributed by atoms with Crippen molar-refractivity contribution in [3.8, 4) is 6.07 Å². The fourth-order valence-electron chi connectivity index (χ4n) is 1.61. The van der Waals surface area contributed by atoms with E-state index in [9.17, 15) is 4.79 Å². The van der Waals surface area contributed by atoms with Gasteiger partial charge >= 0.3 is 5.97 Å². The molecule has 1 aromatic heterocycles. The van der Waals surface area contributed by atoms with Crippen molar-refractivity contribution in [1.82, 2.24) is 9.78 Å². The second kappa shape index (κ2) is 5.00. The Bertz CT molecular complexity index is 455. The number of aryl methyl sites for hydroxylation is 1. The summed E-state index contributed by atoms with van der Waals surface area (Å²) >= 11 is 0. The average Bonchev–Trinajstić information content (AvgIpc) is 2.60. The Kier molecular flexibility index (Phi) is 3.89. The third-order valence-corrected chi connectivity index (χ3v) is 2.81. The second-order valence-electron chi connectivity index (χ2n) is 4.77. The van der Waals surface area contributed by atoms with E-state index in [0.29, 0.717) is 12.2 Å². The van der Waals surface area contributed by atoms with Crippen LogP contribution in [0.15, 0.2) is 6.20 Å². The van der Waals surface area contributed by atoms with Crippen LogP contribution >= 0.6 is 0 Å². The molecule has 1 N–H and O–H groups in total. The van der Waals surface area contributed by atoms with Crippen LogP contribution < -0.4 is 0 Å². The maximum absolute atomic E-state index is 10.8.